The summed E-state index contributed by atoms with van der Waals surface area (Å²) in [6.07, 6.45) is 6.18. The molecule has 0 aromatic heterocycles. The number of hydrogen-bond acceptors (Lipinski definition) is 3. The van der Waals surface area contributed by atoms with Gasteiger partial charge in [0, 0.05) is 0 Å². The molecule has 5 rings (SSSR count). The zero-order valence-electron chi connectivity index (χ0n) is 12.9. The average Bonchev–Trinajstić information content (AvgIpc) is 2.97. The predicted molar refractivity (Wildman–Crippen MR) is 90.6 cm³/mol. The molecule has 0 spiro atoms. The number of oxime groups is 1. The molecule has 4 heterocycles. The molecule has 2 unspecified atom stereocenters. The fourth-order valence-corrected chi connectivity index (χ4v) is 6.51. The fourth-order valence-electron chi connectivity index (χ4n) is 3.70. The molecular formula is C18H22N2OSe. The first-order valence-corrected chi connectivity index (χ1v) is 10.0. The number of nitrogens with zero attached hydrogens (tertiary/aromatic N) is 2. The first kappa shape index (κ1) is 14.5. The maximum atomic E-state index is 5.57. The molecule has 0 aliphatic carbocycles. The van der Waals surface area contributed by atoms with E-state index < -0.39 is 0 Å². The monoisotopic (exact) mass is 362 g/mol. The van der Waals surface area contributed by atoms with E-state index in [1.54, 1.807) is 5.57 Å². The molecule has 0 radical (unpaired) electrons. The van der Waals surface area contributed by atoms with Crippen LogP contribution in [0.4, 0.5) is 0 Å². The van der Waals surface area contributed by atoms with Crippen LogP contribution in [0, 0.1) is 5.92 Å². The van der Waals surface area contributed by atoms with Gasteiger partial charge in [-0.2, -0.15) is 0 Å². The van der Waals surface area contributed by atoms with Crippen LogP contribution in [0.25, 0.3) is 0 Å². The Morgan fingerprint density at radius 2 is 2.00 bits per heavy atom. The molecule has 4 aliphatic heterocycles. The fraction of sp³-hybridized carbons (Fsp3) is 0.500. The van der Waals surface area contributed by atoms with Gasteiger partial charge in [0.25, 0.3) is 0 Å². The van der Waals surface area contributed by atoms with Crippen LogP contribution in [-0.4, -0.2) is 49.7 Å². The van der Waals surface area contributed by atoms with Crippen LogP contribution in [0.2, 0.25) is 0 Å². The van der Waals surface area contributed by atoms with Crippen LogP contribution in [0.15, 0.2) is 47.1 Å². The van der Waals surface area contributed by atoms with Gasteiger partial charge < -0.3 is 0 Å². The summed E-state index contributed by atoms with van der Waals surface area (Å²) in [4.78, 5) is 8.89. The minimum atomic E-state index is 0.171. The van der Waals surface area contributed by atoms with E-state index >= 15 is 0 Å². The van der Waals surface area contributed by atoms with Gasteiger partial charge in [0.05, 0.1) is 0 Å². The summed E-state index contributed by atoms with van der Waals surface area (Å²) >= 11 is 0.473. The van der Waals surface area contributed by atoms with Crippen LogP contribution in [0.5, 0.6) is 0 Å². The standard InChI is InChI=1S/C18H22N2OSe/c1-13-11-15(21-19-13)12-17-14-7-9-20(10-8-14)18(17)22-16-5-3-2-4-6-16/h2-6,12,14-15,18H,7-11H2,1H3/b17-12+. The van der Waals surface area contributed by atoms with Crippen molar-refractivity contribution in [2.24, 2.45) is 11.1 Å². The van der Waals surface area contributed by atoms with Gasteiger partial charge in [-0.3, -0.25) is 0 Å². The van der Waals surface area contributed by atoms with Crippen molar-refractivity contribution in [3.63, 3.8) is 0 Å². The minimum absolute atomic E-state index is 0.171. The Morgan fingerprint density at radius 3 is 2.68 bits per heavy atom. The number of rotatable bonds is 3. The molecule has 3 fully saturated rings. The normalized spacial score (nSPS) is 35.5. The van der Waals surface area contributed by atoms with E-state index in [1.165, 1.54) is 30.4 Å². The molecule has 2 bridgehead atoms. The summed E-state index contributed by atoms with van der Waals surface area (Å²) in [7, 11) is 0. The zero-order chi connectivity index (χ0) is 14.9. The Morgan fingerprint density at radius 1 is 1.23 bits per heavy atom. The predicted octanol–water partition coefficient (Wildman–Crippen LogP) is 2.16. The molecule has 0 amide bonds. The second kappa shape index (κ2) is 6.19. The van der Waals surface area contributed by atoms with E-state index in [0.29, 0.717) is 19.9 Å². The van der Waals surface area contributed by atoms with Gasteiger partial charge in [-0.05, 0) is 0 Å². The van der Waals surface area contributed by atoms with Crippen LogP contribution in [0.1, 0.15) is 26.2 Å². The summed E-state index contributed by atoms with van der Waals surface area (Å²) < 4.78 is 1.50. The van der Waals surface area contributed by atoms with Gasteiger partial charge in [-0.15, -0.1) is 0 Å². The van der Waals surface area contributed by atoms with Gasteiger partial charge in [-0.25, -0.2) is 0 Å². The quantitative estimate of drug-likeness (QED) is 0.609. The van der Waals surface area contributed by atoms with Gasteiger partial charge in [0.2, 0.25) is 0 Å². The van der Waals surface area contributed by atoms with E-state index in [1.807, 2.05) is 0 Å². The molecule has 3 saturated heterocycles. The van der Waals surface area contributed by atoms with E-state index in [-0.39, 0.29) is 6.10 Å². The van der Waals surface area contributed by atoms with Crippen molar-refractivity contribution in [1.82, 2.24) is 4.90 Å². The number of piperidine rings is 3. The number of fused-ring (bicyclic) bond motifs is 3. The van der Waals surface area contributed by atoms with E-state index in [9.17, 15) is 0 Å². The second-order valence-corrected chi connectivity index (χ2v) is 8.86. The molecule has 0 saturated carbocycles. The summed E-state index contributed by atoms with van der Waals surface area (Å²) in [6, 6.07) is 11.0. The SMILES string of the molecule is CC1=NOC(/C=C2\C3CCN(CC3)C2[Se]c2ccccc2)C1. The number of benzene rings is 1. The summed E-state index contributed by atoms with van der Waals surface area (Å²) in [5.74, 6) is 0.769. The Kier molecular flexibility index (Phi) is 4.08. The summed E-state index contributed by atoms with van der Waals surface area (Å²) in [5.41, 5.74) is 2.75. The van der Waals surface area contributed by atoms with Crippen LogP contribution in [-0.2, 0) is 4.84 Å². The van der Waals surface area contributed by atoms with Crippen molar-refractivity contribution >= 4 is 25.1 Å². The van der Waals surface area contributed by atoms with Crippen LogP contribution in [0.3, 0.4) is 0 Å². The molecule has 1 aromatic carbocycles. The van der Waals surface area contributed by atoms with Crippen LogP contribution >= 0.6 is 0 Å². The Bertz CT molecular complexity index is 590. The Balaban J connectivity index is 1.57. The van der Waals surface area contributed by atoms with E-state index in [2.05, 4.69) is 53.4 Å². The van der Waals surface area contributed by atoms with Crippen molar-refractivity contribution in [2.75, 3.05) is 13.1 Å². The molecule has 0 N–H and O–H groups in total. The Labute approximate surface area is 138 Å². The van der Waals surface area contributed by atoms with Gasteiger partial charge in [-0.1, -0.05) is 0 Å². The first-order valence-electron chi connectivity index (χ1n) is 8.16. The molecule has 4 aliphatic rings. The van der Waals surface area contributed by atoms with E-state index in [0.717, 1.165) is 18.1 Å². The zero-order valence-corrected chi connectivity index (χ0v) is 14.7. The molecule has 3 nitrogen and oxygen atoms in total. The van der Waals surface area contributed by atoms with Gasteiger partial charge in [0.15, 0.2) is 0 Å². The topological polar surface area (TPSA) is 24.8 Å². The van der Waals surface area contributed by atoms with Crippen molar-refractivity contribution in [2.45, 2.75) is 37.2 Å². The third-order valence-electron chi connectivity index (χ3n) is 4.83. The third-order valence-corrected chi connectivity index (χ3v) is 7.63. The number of hydrogen-bond donors (Lipinski definition) is 0. The molecule has 4 heteroatoms. The molecular weight excluding hydrogens is 339 g/mol. The first-order chi connectivity index (χ1) is 10.8. The third kappa shape index (κ3) is 2.88. The van der Waals surface area contributed by atoms with Crippen molar-refractivity contribution < 1.29 is 4.84 Å². The Hall–Kier alpha value is -1.09. The van der Waals surface area contributed by atoms with E-state index in [4.69, 9.17) is 4.84 Å². The van der Waals surface area contributed by atoms with Crippen molar-refractivity contribution in [3.8, 4) is 0 Å². The van der Waals surface area contributed by atoms with Crippen molar-refractivity contribution in [1.29, 1.82) is 0 Å². The average molecular weight is 361 g/mol. The molecule has 22 heavy (non-hydrogen) atoms. The second-order valence-electron chi connectivity index (χ2n) is 6.43. The summed E-state index contributed by atoms with van der Waals surface area (Å²) in [5, 5.41) is 4.12. The maximum absolute atomic E-state index is 5.57. The van der Waals surface area contributed by atoms with Gasteiger partial charge >= 0.3 is 138 Å². The van der Waals surface area contributed by atoms with Crippen LogP contribution < -0.4 is 4.46 Å². The van der Waals surface area contributed by atoms with Gasteiger partial charge in [0.1, 0.15) is 0 Å². The molecule has 2 atom stereocenters. The summed E-state index contributed by atoms with van der Waals surface area (Å²) in [6.45, 7) is 4.59. The molecule has 116 valence electrons. The molecule has 1 aromatic rings. The van der Waals surface area contributed by atoms with Crippen molar-refractivity contribution in [3.05, 3.63) is 42.0 Å².